The lowest BCUT2D eigenvalue weighted by molar-refractivity contribution is 0.411. The van der Waals surface area contributed by atoms with Crippen molar-refractivity contribution in [3.05, 3.63) is 59.8 Å². The lowest BCUT2D eigenvalue weighted by Crippen LogP contribution is -2.03. The van der Waals surface area contributed by atoms with Crippen LogP contribution in [-0.4, -0.2) is 22.1 Å². The molecule has 0 N–H and O–H groups in total. The molecule has 0 radical (unpaired) electrons. The molecule has 0 atom stereocenters. The fraction of sp³-hybridized carbons (Fsp3) is 0.125. The summed E-state index contributed by atoms with van der Waals surface area (Å²) in [4.78, 5) is 0. The fourth-order valence-corrected chi connectivity index (χ4v) is 2.54. The van der Waals surface area contributed by atoms with E-state index in [2.05, 4.69) is 10.3 Å². The number of benzene rings is 2. The molecule has 0 spiro atoms. The average Bonchev–Trinajstić information content (AvgIpc) is 2.97. The van der Waals surface area contributed by atoms with Gasteiger partial charge in [-0.15, -0.1) is 16.7 Å². The predicted molar refractivity (Wildman–Crippen MR) is 82.8 cm³/mol. The van der Waals surface area contributed by atoms with Gasteiger partial charge in [0.25, 0.3) is 0 Å². The molecule has 1 heterocycles. The maximum Gasteiger partial charge on any atom is 0.144 e. The van der Waals surface area contributed by atoms with Crippen LogP contribution >= 0.6 is 11.6 Å². The van der Waals surface area contributed by atoms with Gasteiger partial charge in [-0.05, 0) is 24.3 Å². The van der Waals surface area contributed by atoms with E-state index in [9.17, 15) is 8.78 Å². The van der Waals surface area contributed by atoms with Crippen molar-refractivity contribution in [2.45, 2.75) is 5.88 Å². The Morgan fingerprint density at radius 1 is 1.13 bits per heavy atom. The van der Waals surface area contributed by atoms with Gasteiger partial charge in [-0.2, -0.15) is 0 Å². The topological polar surface area (TPSA) is 39.9 Å². The SMILES string of the molecule is COc1ccccc1-n1nnc(CCl)c1-c1cc(F)cc(F)c1. The molecule has 0 amide bonds. The summed E-state index contributed by atoms with van der Waals surface area (Å²) in [5, 5.41) is 8.06. The van der Waals surface area contributed by atoms with Crippen LogP contribution in [0.25, 0.3) is 16.9 Å². The molecule has 0 saturated carbocycles. The van der Waals surface area contributed by atoms with Crippen LogP contribution in [-0.2, 0) is 5.88 Å². The molecule has 3 rings (SSSR count). The summed E-state index contributed by atoms with van der Waals surface area (Å²) in [6.07, 6.45) is 0. The Labute approximate surface area is 136 Å². The average molecular weight is 336 g/mol. The summed E-state index contributed by atoms with van der Waals surface area (Å²) < 4.78 is 33.9. The van der Waals surface area contributed by atoms with Gasteiger partial charge in [0.05, 0.1) is 18.7 Å². The molecule has 0 unspecified atom stereocenters. The maximum absolute atomic E-state index is 13.6. The monoisotopic (exact) mass is 335 g/mol. The zero-order valence-corrected chi connectivity index (χ0v) is 12.9. The molecule has 23 heavy (non-hydrogen) atoms. The molecule has 0 aliphatic carbocycles. The number of methoxy groups -OCH3 is 1. The summed E-state index contributed by atoms with van der Waals surface area (Å²) >= 11 is 5.90. The largest absolute Gasteiger partial charge is 0.494 e. The first-order valence-electron chi connectivity index (χ1n) is 6.74. The van der Waals surface area contributed by atoms with Gasteiger partial charge < -0.3 is 4.74 Å². The van der Waals surface area contributed by atoms with Crippen LogP contribution in [0.5, 0.6) is 5.75 Å². The van der Waals surface area contributed by atoms with Gasteiger partial charge in [-0.3, -0.25) is 0 Å². The van der Waals surface area contributed by atoms with Crippen molar-refractivity contribution in [2.75, 3.05) is 7.11 Å². The lowest BCUT2D eigenvalue weighted by Gasteiger charge is -2.11. The Balaban J connectivity index is 2.26. The standard InChI is InChI=1S/C16H12ClF2N3O/c1-23-15-5-3-2-4-14(15)22-16(13(9-17)20-21-22)10-6-11(18)8-12(19)7-10/h2-8H,9H2,1H3. The Hall–Kier alpha value is -2.47. The van der Waals surface area contributed by atoms with Gasteiger partial charge in [0.15, 0.2) is 0 Å². The zero-order valence-electron chi connectivity index (χ0n) is 12.1. The van der Waals surface area contributed by atoms with Crippen LogP contribution in [0.2, 0.25) is 0 Å². The van der Waals surface area contributed by atoms with E-state index in [1.807, 2.05) is 6.07 Å². The van der Waals surface area contributed by atoms with Gasteiger partial charge in [0.2, 0.25) is 0 Å². The first kappa shape index (κ1) is 15.4. The predicted octanol–water partition coefficient (Wildman–Crippen LogP) is 3.96. The summed E-state index contributed by atoms with van der Waals surface area (Å²) in [7, 11) is 1.53. The highest BCUT2D eigenvalue weighted by Crippen LogP contribution is 2.31. The van der Waals surface area contributed by atoms with E-state index < -0.39 is 11.6 Å². The number of para-hydroxylation sites is 2. The second-order valence-corrected chi connectivity index (χ2v) is 5.03. The van der Waals surface area contributed by atoms with Crippen molar-refractivity contribution in [3.63, 3.8) is 0 Å². The third kappa shape index (κ3) is 2.90. The van der Waals surface area contributed by atoms with Gasteiger partial charge in [-0.1, -0.05) is 17.3 Å². The molecule has 0 aliphatic heterocycles. The normalized spacial score (nSPS) is 10.8. The molecule has 0 saturated heterocycles. The van der Waals surface area contributed by atoms with E-state index in [0.717, 1.165) is 6.07 Å². The van der Waals surface area contributed by atoms with Crippen molar-refractivity contribution in [1.82, 2.24) is 15.0 Å². The number of hydrogen-bond acceptors (Lipinski definition) is 3. The molecular weight excluding hydrogens is 324 g/mol. The Morgan fingerprint density at radius 2 is 1.83 bits per heavy atom. The smallest absolute Gasteiger partial charge is 0.144 e. The third-order valence-corrected chi connectivity index (χ3v) is 3.57. The Bertz CT molecular complexity index is 831. The number of rotatable bonds is 4. The molecule has 2 aromatic carbocycles. The fourth-order valence-electron chi connectivity index (χ4n) is 2.36. The molecule has 0 bridgehead atoms. The zero-order chi connectivity index (χ0) is 16.4. The van der Waals surface area contributed by atoms with Gasteiger partial charge in [0, 0.05) is 11.6 Å². The van der Waals surface area contributed by atoms with E-state index >= 15 is 0 Å². The van der Waals surface area contributed by atoms with E-state index in [4.69, 9.17) is 16.3 Å². The summed E-state index contributed by atoms with van der Waals surface area (Å²) in [6, 6.07) is 10.4. The second kappa shape index (κ2) is 6.34. The van der Waals surface area contributed by atoms with Crippen LogP contribution < -0.4 is 4.74 Å². The summed E-state index contributed by atoms with van der Waals surface area (Å²) in [5.41, 5.74) is 1.73. The first-order valence-corrected chi connectivity index (χ1v) is 7.28. The lowest BCUT2D eigenvalue weighted by atomic mass is 10.1. The molecule has 118 valence electrons. The molecular formula is C16H12ClF2N3O. The van der Waals surface area contributed by atoms with Gasteiger partial charge >= 0.3 is 0 Å². The van der Waals surface area contributed by atoms with Crippen molar-refractivity contribution in [2.24, 2.45) is 0 Å². The molecule has 4 nitrogen and oxygen atoms in total. The second-order valence-electron chi connectivity index (χ2n) is 4.76. The summed E-state index contributed by atoms with van der Waals surface area (Å²) in [6.45, 7) is 0. The van der Waals surface area contributed by atoms with Crippen LogP contribution in [0.15, 0.2) is 42.5 Å². The van der Waals surface area contributed by atoms with Gasteiger partial charge in [-0.25, -0.2) is 13.5 Å². The first-order chi connectivity index (χ1) is 11.1. The number of nitrogens with zero attached hydrogens (tertiary/aromatic N) is 3. The highest BCUT2D eigenvalue weighted by atomic mass is 35.5. The summed E-state index contributed by atoms with van der Waals surface area (Å²) in [5.74, 6) is -0.763. The van der Waals surface area contributed by atoms with Crippen molar-refractivity contribution in [3.8, 4) is 22.7 Å². The minimum atomic E-state index is -0.687. The number of halogens is 3. The number of alkyl halides is 1. The van der Waals surface area contributed by atoms with E-state index in [0.29, 0.717) is 28.4 Å². The van der Waals surface area contributed by atoms with Crippen LogP contribution in [0.1, 0.15) is 5.69 Å². The molecule has 1 aromatic heterocycles. The van der Waals surface area contributed by atoms with Crippen molar-refractivity contribution in [1.29, 1.82) is 0 Å². The van der Waals surface area contributed by atoms with Crippen molar-refractivity contribution < 1.29 is 13.5 Å². The van der Waals surface area contributed by atoms with Crippen LogP contribution in [0.3, 0.4) is 0 Å². The van der Waals surface area contributed by atoms with Crippen LogP contribution in [0.4, 0.5) is 8.78 Å². The van der Waals surface area contributed by atoms with Crippen LogP contribution in [0, 0.1) is 11.6 Å². The molecule has 3 aromatic rings. The minimum absolute atomic E-state index is 0.0581. The van der Waals surface area contributed by atoms with Crippen molar-refractivity contribution >= 4 is 11.6 Å². The molecule has 7 heteroatoms. The van der Waals surface area contributed by atoms with Gasteiger partial charge in [0.1, 0.15) is 28.8 Å². The minimum Gasteiger partial charge on any atom is -0.494 e. The molecule has 0 aliphatic rings. The highest BCUT2D eigenvalue weighted by Gasteiger charge is 2.19. The van der Waals surface area contributed by atoms with E-state index in [1.54, 1.807) is 18.2 Å². The molecule has 0 fully saturated rings. The highest BCUT2D eigenvalue weighted by molar-refractivity contribution is 6.17. The third-order valence-electron chi connectivity index (χ3n) is 3.32. The Morgan fingerprint density at radius 3 is 2.48 bits per heavy atom. The maximum atomic E-state index is 13.6. The number of ether oxygens (including phenoxy) is 1. The number of hydrogen-bond donors (Lipinski definition) is 0. The quantitative estimate of drug-likeness (QED) is 0.677. The van der Waals surface area contributed by atoms with E-state index in [-0.39, 0.29) is 5.88 Å². The Kier molecular flexibility index (Phi) is 4.25. The van der Waals surface area contributed by atoms with E-state index in [1.165, 1.54) is 23.9 Å². The number of aromatic nitrogens is 3.